The van der Waals surface area contributed by atoms with Gasteiger partial charge in [-0.1, -0.05) is 13.8 Å². The summed E-state index contributed by atoms with van der Waals surface area (Å²) >= 11 is 0. The van der Waals surface area contributed by atoms with E-state index in [-0.39, 0.29) is 54.1 Å². The van der Waals surface area contributed by atoms with E-state index in [1.807, 2.05) is 0 Å². The molecule has 2 aromatic carbocycles. The SMILES string of the molecule is CCOC(=O)N1c2ccc(C(F)(F)F)cc2[C@@H](Nc2ncc(NC(CC)CC(=O)O)c(Cc3cc(C(F)(F)F)cc(C(F)(F)F)c3)n2)C[C@H]1CC. The predicted molar refractivity (Wildman–Crippen MR) is 167 cm³/mol. The lowest BCUT2D eigenvalue weighted by atomic mass is 9.89. The van der Waals surface area contributed by atoms with Crippen LogP contribution >= 0.6 is 0 Å². The molecule has 3 atom stereocenters. The van der Waals surface area contributed by atoms with Gasteiger partial charge in [-0.3, -0.25) is 9.69 Å². The molecular weight excluding hydrogens is 701 g/mol. The molecule has 0 saturated carbocycles. The molecule has 1 amide bonds. The highest BCUT2D eigenvalue weighted by molar-refractivity contribution is 5.90. The van der Waals surface area contributed by atoms with Crippen molar-refractivity contribution in [3.63, 3.8) is 0 Å². The summed E-state index contributed by atoms with van der Waals surface area (Å²) in [7, 11) is 0. The fourth-order valence-corrected chi connectivity index (χ4v) is 5.80. The Balaban J connectivity index is 1.83. The molecule has 0 fully saturated rings. The lowest BCUT2D eigenvalue weighted by Crippen LogP contribution is -2.46. The van der Waals surface area contributed by atoms with Crippen LogP contribution in [-0.2, 0) is 34.5 Å². The van der Waals surface area contributed by atoms with Crippen molar-refractivity contribution < 1.29 is 58.9 Å². The normalized spacial score (nSPS) is 17.1. The van der Waals surface area contributed by atoms with Crippen LogP contribution in [0.15, 0.2) is 42.6 Å². The van der Waals surface area contributed by atoms with Gasteiger partial charge in [-0.25, -0.2) is 14.8 Å². The van der Waals surface area contributed by atoms with Crippen LogP contribution in [0, 0.1) is 0 Å². The molecule has 1 unspecified atom stereocenters. The molecule has 3 N–H and O–H groups in total. The van der Waals surface area contributed by atoms with Gasteiger partial charge in [-0.15, -0.1) is 0 Å². The number of carboxylic acids is 1. The highest BCUT2D eigenvalue weighted by Gasteiger charge is 2.40. The lowest BCUT2D eigenvalue weighted by Gasteiger charge is -2.40. The third-order valence-corrected chi connectivity index (χ3v) is 8.26. The number of alkyl halides is 9. The summed E-state index contributed by atoms with van der Waals surface area (Å²) < 4.78 is 129. The van der Waals surface area contributed by atoms with Crippen molar-refractivity contribution in [2.45, 2.75) is 89.5 Å². The average Bonchev–Trinajstić information content (AvgIpc) is 3.03. The summed E-state index contributed by atoms with van der Waals surface area (Å²) in [5.74, 6) is -1.42. The standard InChI is InChI=1S/C33H34F9N5O4/c1-4-21(14-28(48)49)44-26-16-43-29(46-25(26)11-17-9-19(32(37,38)39)12-20(10-17)33(40,41)42)45-24-15-22(5-2)47(30(50)51-6-3)27-8-7-18(13-23(24)27)31(34,35)36/h7-10,12-13,16,21-22,24,44H,4-6,11,14-15H2,1-3H3,(H,48,49)(H,43,45,46)/t21?,22-,24+/m1/s1. The Morgan fingerprint density at radius 1 is 0.941 bits per heavy atom. The lowest BCUT2D eigenvalue weighted by molar-refractivity contribution is -0.143. The Morgan fingerprint density at radius 3 is 2.10 bits per heavy atom. The van der Waals surface area contributed by atoms with Gasteiger partial charge in [0, 0.05) is 18.5 Å². The van der Waals surface area contributed by atoms with Crippen LogP contribution in [0.1, 0.15) is 86.0 Å². The molecule has 0 spiro atoms. The minimum atomic E-state index is -5.12. The molecule has 0 saturated heterocycles. The summed E-state index contributed by atoms with van der Waals surface area (Å²) in [6, 6.07) is 1.62. The van der Waals surface area contributed by atoms with Gasteiger partial charge in [-0.2, -0.15) is 39.5 Å². The van der Waals surface area contributed by atoms with Crippen LogP contribution < -0.4 is 15.5 Å². The molecule has 2 heterocycles. The van der Waals surface area contributed by atoms with Crippen molar-refractivity contribution in [2.75, 3.05) is 22.1 Å². The largest absolute Gasteiger partial charge is 0.481 e. The van der Waals surface area contributed by atoms with Gasteiger partial charge in [0.2, 0.25) is 5.95 Å². The zero-order valence-corrected chi connectivity index (χ0v) is 27.4. The van der Waals surface area contributed by atoms with Crippen molar-refractivity contribution in [3.8, 4) is 0 Å². The van der Waals surface area contributed by atoms with Crippen LogP contribution in [0.4, 0.5) is 61.6 Å². The molecule has 1 aromatic heterocycles. The minimum Gasteiger partial charge on any atom is -0.481 e. The van der Waals surface area contributed by atoms with Gasteiger partial charge in [0.1, 0.15) is 0 Å². The molecule has 0 aliphatic carbocycles. The van der Waals surface area contributed by atoms with E-state index in [1.165, 1.54) is 4.90 Å². The Hall–Kier alpha value is -4.77. The maximum absolute atomic E-state index is 13.8. The molecule has 3 aromatic rings. The molecule has 18 heteroatoms. The highest BCUT2D eigenvalue weighted by Crippen LogP contribution is 2.43. The van der Waals surface area contributed by atoms with E-state index in [1.54, 1.807) is 20.8 Å². The number of carboxylic acid groups (broad SMARTS) is 1. The number of hydrogen-bond acceptors (Lipinski definition) is 7. The zero-order valence-electron chi connectivity index (χ0n) is 27.4. The number of benzene rings is 2. The molecule has 278 valence electrons. The Kier molecular flexibility index (Phi) is 11.7. The predicted octanol–water partition coefficient (Wildman–Crippen LogP) is 9.09. The minimum absolute atomic E-state index is 0.00209. The third kappa shape index (κ3) is 9.52. The van der Waals surface area contributed by atoms with Crippen LogP contribution in [0.3, 0.4) is 0 Å². The second-order valence-corrected chi connectivity index (χ2v) is 11.8. The number of fused-ring (bicyclic) bond motifs is 1. The summed E-state index contributed by atoms with van der Waals surface area (Å²) in [6.07, 6.45) is -15.0. The first kappa shape index (κ1) is 39.0. The fourth-order valence-electron chi connectivity index (χ4n) is 5.80. The van der Waals surface area contributed by atoms with Crippen molar-refractivity contribution in [1.29, 1.82) is 0 Å². The topological polar surface area (TPSA) is 117 Å². The molecular formula is C33H34F9N5O4. The number of carbonyl (C=O) groups excluding carboxylic acids is 1. The number of nitrogens with one attached hydrogen (secondary N) is 2. The molecule has 51 heavy (non-hydrogen) atoms. The number of ether oxygens (including phenoxy) is 1. The summed E-state index contributed by atoms with van der Waals surface area (Å²) in [4.78, 5) is 34.2. The van der Waals surface area contributed by atoms with Crippen LogP contribution in [0.25, 0.3) is 0 Å². The molecule has 1 aliphatic heterocycles. The maximum atomic E-state index is 13.8. The van der Waals surface area contributed by atoms with E-state index < -0.39 is 83.8 Å². The summed E-state index contributed by atoms with van der Waals surface area (Å²) in [6.45, 7) is 4.98. The Labute approximate surface area is 286 Å². The number of anilines is 3. The van der Waals surface area contributed by atoms with Crippen molar-refractivity contribution in [2.24, 2.45) is 0 Å². The smallest absolute Gasteiger partial charge is 0.416 e. The van der Waals surface area contributed by atoms with Gasteiger partial charge in [-0.05, 0) is 73.7 Å². The van der Waals surface area contributed by atoms with Crippen molar-refractivity contribution in [1.82, 2.24) is 9.97 Å². The summed E-state index contributed by atoms with van der Waals surface area (Å²) in [5, 5.41) is 15.2. The first-order chi connectivity index (χ1) is 23.7. The zero-order chi connectivity index (χ0) is 37.9. The van der Waals surface area contributed by atoms with E-state index in [4.69, 9.17) is 4.74 Å². The number of rotatable bonds is 11. The average molecular weight is 736 g/mol. The quantitative estimate of drug-likeness (QED) is 0.167. The van der Waals surface area contributed by atoms with E-state index in [2.05, 4.69) is 20.6 Å². The van der Waals surface area contributed by atoms with E-state index in [0.717, 1.165) is 24.4 Å². The van der Waals surface area contributed by atoms with Gasteiger partial charge >= 0.3 is 30.6 Å². The highest BCUT2D eigenvalue weighted by atomic mass is 19.4. The molecule has 9 nitrogen and oxygen atoms in total. The molecule has 0 radical (unpaired) electrons. The first-order valence-corrected chi connectivity index (χ1v) is 15.8. The van der Waals surface area contributed by atoms with Gasteiger partial charge in [0.25, 0.3) is 0 Å². The van der Waals surface area contributed by atoms with E-state index >= 15 is 0 Å². The fraction of sp³-hybridized carbons (Fsp3) is 0.455. The maximum Gasteiger partial charge on any atom is 0.416 e. The number of amides is 1. The molecule has 4 rings (SSSR count). The molecule has 0 bridgehead atoms. The third-order valence-electron chi connectivity index (χ3n) is 8.26. The van der Waals surface area contributed by atoms with Crippen molar-refractivity contribution >= 4 is 29.4 Å². The van der Waals surface area contributed by atoms with Gasteiger partial charge in [0.05, 0.1) is 59.0 Å². The van der Waals surface area contributed by atoms with E-state index in [0.29, 0.717) is 18.6 Å². The second-order valence-electron chi connectivity index (χ2n) is 11.8. The number of carbonyl (C=O) groups is 2. The van der Waals surface area contributed by atoms with Gasteiger partial charge in [0.15, 0.2) is 0 Å². The van der Waals surface area contributed by atoms with E-state index in [9.17, 15) is 54.2 Å². The second kappa shape index (κ2) is 15.2. The van der Waals surface area contributed by atoms with Gasteiger partial charge < -0.3 is 20.5 Å². The van der Waals surface area contributed by atoms with Crippen molar-refractivity contribution in [3.05, 3.63) is 76.1 Å². The number of hydrogen-bond donors (Lipinski definition) is 3. The number of aromatic nitrogens is 2. The number of nitrogens with zero attached hydrogens (tertiary/aromatic N) is 3. The monoisotopic (exact) mass is 735 g/mol. The summed E-state index contributed by atoms with van der Waals surface area (Å²) in [5.41, 5.74) is -4.49. The Morgan fingerprint density at radius 2 is 1.57 bits per heavy atom. The van der Waals surface area contributed by atoms with Crippen LogP contribution in [0.5, 0.6) is 0 Å². The number of aliphatic carboxylic acids is 1. The first-order valence-electron chi connectivity index (χ1n) is 15.8. The van der Waals surface area contributed by atoms with Crippen LogP contribution in [-0.4, -0.2) is 45.8 Å². The Bertz CT molecular complexity index is 1700. The van der Waals surface area contributed by atoms with Crippen LogP contribution in [0.2, 0.25) is 0 Å². The molecule has 1 aliphatic rings. The number of halogens is 9.